The van der Waals surface area contributed by atoms with Crippen molar-refractivity contribution in [3.8, 4) is 5.75 Å². The van der Waals surface area contributed by atoms with Crippen molar-refractivity contribution in [2.75, 3.05) is 0 Å². The Morgan fingerprint density at radius 2 is 1.84 bits per heavy atom. The molecule has 0 fully saturated rings. The van der Waals surface area contributed by atoms with Crippen LogP contribution in [0.4, 0.5) is 5.69 Å². The molecule has 0 amide bonds. The van der Waals surface area contributed by atoms with E-state index in [0.29, 0.717) is 11.1 Å². The van der Waals surface area contributed by atoms with Crippen LogP contribution in [0, 0.1) is 17.0 Å². The third-order valence-electron chi connectivity index (χ3n) is 2.78. The zero-order chi connectivity index (χ0) is 14.0. The minimum Gasteiger partial charge on any atom is -0.508 e. The lowest BCUT2D eigenvalue weighted by atomic mass is 10.0. The molecule has 2 aromatic carbocycles. The molecule has 0 unspecified atom stereocenters. The molecular formula is C14H11NO4. The number of nitro groups is 1. The summed E-state index contributed by atoms with van der Waals surface area (Å²) < 4.78 is 0. The van der Waals surface area contributed by atoms with Crippen LogP contribution in [0.2, 0.25) is 0 Å². The van der Waals surface area contributed by atoms with E-state index in [1.165, 1.54) is 36.4 Å². The minimum absolute atomic E-state index is 0.107. The van der Waals surface area contributed by atoms with E-state index in [0.717, 1.165) is 0 Å². The van der Waals surface area contributed by atoms with Crippen LogP contribution in [0.15, 0.2) is 42.5 Å². The number of carbonyl (C=O) groups is 1. The number of ketones is 1. The fraction of sp³-hybridized carbons (Fsp3) is 0.0714. The Bertz CT molecular complexity index is 664. The molecule has 0 saturated heterocycles. The van der Waals surface area contributed by atoms with E-state index in [1.54, 1.807) is 13.0 Å². The van der Waals surface area contributed by atoms with Crippen molar-refractivity contribution >= 4 is 11.5 Å². The van der Waals surface area contributed by atoms with Gasteiger partial charge in [0.2, 0.25) is 0 Å². The van der Waals surface area contributed by atoms with Gasteiger partial charge < -0.3 is 5.11 Å². The predicted octanol–water partition coefficient (Wildman–Crippen LogP) is 2.84. The van der Waals surface area contributed by atoms with Crippen LogP contribution in [-0.4, -0.2) is 15.8 Å². The first kappa shape index (κ1) is 12.8. The summed E-state index contributed by atoms with van der Waals surface area (Å²) in [6.07, 6.45) is 0. The molecule has 0 aliphatic heterocycles. The number of hydrogen-bond acceptors (Lipinski definition) is 4. The summed E-state index contributed by atoms with van der Waals surface area (Å²) >= 11 is 0. The maximum Gasteiger partial charge on any atom is 0.270 e. The number of aryl methyl sites for hydroxylation is 1. The normalized spacial score (nSPS) is 10.2. The maximum absolute atomic E-state index is 12.2. The smallest absolute Gasteiger partial charge is 0.270 e. The molecule has 5 heteroatoms. The van der Waals surface area contributed by atoms with E-state index in [4.69, 9.17) is 0 Å². The van der Waals surface area contributed by atoms with Gasteiger partial charge in [-0.25, -0.2) is 0 Å². The van der Waals surface area contributed by atoms with Crippen molar-refractivity contribution in [3.63, 3.8) is 0 Å². The van der Waals surface area contributed by atoms with Gasteiger partial charge in [-0.3, -0.25) is 14.9 Å². The van der Waals surface area contributed by atoms with Gasteiger partial charge >= 0.3 is 0 Å². The highest BCUT2D eigenvalue weighted by Crippen LogP contribution is 2.21. The number of benzene rings is 2. The van der Waals surface area contributed by atoms with Gasteiger partial charge in [0.25, 0.3) is 5.69 Å². The first-order valence-electron chi connectivity index (χ1n) is 5.58. The number of carbonyl (C=O) groups excluding carboxylic acids is 1. The predicted molar refractivity (Wildman–Crippen MR) is 69.4 cm³/mol. The summed E-state index contributed by atoms with van der Waals surface area (Å²) in [5.74, 6) is -0.206. The number of aromatic hydroxyl groups is 1. The Balaban J connectivity index is 2.41. The third kappa shape index (κ3) is 2.60. The summed E-state index contributed by atoms with van der Waals surface area (Å²) in [6.45, 7) is 1.68. The average Bonchev–Trinajstić information content (AvgIpc) is 2.41. The van der Waals surface area contributed by atoms with Gasteiger partial charge in [0, 0.05) is 23.3 Å². The quantitative estimate of drug-likeness (QED) is 0.520. The zero-order valence-corrected chi connectivity index (χ0v) is 10.2. The Morgan fingerprint density at radius 1 is 1.16 bits per heavy atom. The SMILES string of the molecule is Cc1cc(C(=O)c2cccc([N+](=O)[O-])c2)ccc1O. The molecule has 0 spiro atoms. The zero-order valence-electron chi connectivity index (χ0n) is 10.2. The number of nitro benzene ring substituents is 1. The molecule has 0 aliphatic rings. The van der Waals surface area contributed by atoms with Crippen LogP contribution in [0.3, 0.4) is 0 Å². The fourth-order valence-corrected chi connectivity index (χ4v) is 1.72. The Hall–Kier alpha value is -2.69. The molecule has 1 N–H and O–H groups in total. The summed E-state index contributed by atoms with van der Waals surface area (Å²) in [5.41, 5.74) is 1.09. The summed E-state index contributed by atoms with van der Waals surface area (Å²) in [4.78, 5) is 22.3. The van der Waals surface area contributed by atoms with E-state index in [1.807, 2.05) is 0 Å². The molecule has 0 aromatic heterocycles. The van der Waals surface area contributed by atoms with E-state index >= 15 is 0 Å². The van der Waals surface area contributed by atoms with Crippen molar-refractivity contribution in [2.24, 2.45) is 0 Å². The number of phenolic OH excluding ortho intramolecular Hbond substituents is 1. The number of non-ortho nitro benzene ring substituents is 1. The lowest BCUT2D eigenvalue weighted by molar-refractivity contribution is -0.384. The van der Waals surface area contributed by atoms with Crippen molar-refractivity contribution in [1.82, 2.24) is 0 Å². The second-order valence-corrected chi connectivity index (χ2v) is 4.14. The molecule has 0 bridgehead atoms. The van der Waals surface area contributed by atoms with Gasteiger partial charge in [-0.2, -0.15) is 0 Å². The molecule has 0 heterocycles. The van der Waals surface area contributed by atoms with Crippen molar-refractivity contribution in [2.45, 2.75) is 6.92 Å². The van der Waals surface area contributed by atoms with Crippen LogP contribution in [0.25, 0.3) is 0 Å². The number of nitrogens with zero attached hydrogens (tertiary/aromatic N) is 1. The van der Waals surface area contributed by atoms with E-state index in [2.05, 4.69) is 0 Å². The van der Waals surface area contributed by atoms with Crippen LogP contribution in [0.1, 0.15) is 21.5 Å². The van der Waals surface area contributed by atoms with Crippen molar-refractivity contribution < 1.29 is 14.8 Å². The minimum atomic E-state index is -0.543. The Labute approximate surface area is 109 Å². The average molecular weight is 257 g/mol. The fourth-order valence-electron chi connectivity index (χ4n) is 1.72. The Kier molecular flexibility index (Phi) is 3.29. The lowest BCUT2D eigenvalue weighted by Gasteiger charge is -2.04. The van der Waals surface area contributed by atoms with Crippen LogP contribution in [-0.2, 0) is 0 Å². The van der Waals surface area contributed by atoms with E-state index in [9.17, 15) is 20.0 Å². The second-order valence-electron chi connectivity index (χ2n) is 4.14. The van der Waals surface area contributed by atoms with Gasteiger partial charge in [0.15, 0.2) is 5.78 Å². The number of hydrogen-bond donors (Lipinski definition) is 1. The van der Waals surface area contributed by atoms with Crippen molar-refractivity contribution in [3.05, 3.63) is 69.3 Å². The third-order valence-corrected chi connectivity index (χ3v) is 2.78. The van der Waals surface area contributed by atoms with Crippen molar-refractivity contribution in [1.29, 1.82) is 0 Å². The highest BCUT2D eigenvalue weighted by atomic mass is 16.6. The van der Waals surface area contributed by atoms with Crippen LogP contribution in [0.5, 0.6) is 5.75 Å². The molecule has 0 atom stereocenters. The highest BCUT2D eigenvalue weighted by Gasteiger charge is 2.14. The summed E-state index contributed by atoms with van der Waals surface area (Å²) in [7, 11) is 0. The molecule has 2 aromatic rings. The van der Waals surface area contributed by atoms with E-state index < -0.39 is 4.92 Å². The lowest BCUT2D eigenvalue weighted by Crippen LogP contribution is -2.02. The molecule has 96 valence electrons. The summed E-state index contributed by atoms with van der Waals surface area (Å²) in [6, 6.07) is 10.0. The topological polar surface area (TPSA) is 80.4 Å². The van der Waals surface area contributed by atoms with Gasteiger partial charge in [0.05, 0.1) is 4.92 Å². The first-order chi connectivity index (χ1) is 8.99. The molecular weight excluding hydrogens is 246 g/mol. The largest absolute Gasteiger partial charge is 0.508 e. The number of phenols is 1. The number of rotatable bonds is 3. The van der Waals surface area contributed by atoms with E-state index in [-0.39, 0.29) is 22.8 Å². The Morgan fingerprint density at radius 3 is 2.47 bits per heavy atom. The van der Waals surface area contributed by atoms with Gasteiger partial charge in [-0.15, -0.1) is 0 Å². The van der Waals surface area contributed by atoms with Crippen LogP contribution >= 0.6 is 0 Å². The van der Waals surface area contributed by atoms with Crippen LogP contribution < -0.4 is 0 Å². The molecule has 5 nitrogen and oxygen atoms in total. The molecule has 2 rings (SSSR count). The highest BCUT2D eigenvalue weighted by molar-refractivity contribution is 6.09. The second kappa shape index (κ2) is 4.89. The molecule has 0 saturated carbocycles. The van der Waals surface area contributed by atoms with Gasteiger partial charge in [0.1, 0.15) is 5.75 Å². The molecule has 0 radical (unpaired) electrons. The molecule has 19 heavy (non-hydrogen) atoms. The van der Waals surface area contributed by atoms with Gasteiger partial charge in [-0.05, 0) is 30.7 Å². The maximum atomic E-state index is 12.2. The summed E-state index contributed by atoms with van der Waals surface area (Å²) in [5, 5.41) is 20.1. The van der Waals surface area contributed by atoms with Gasteiger partial charge in [-0.1, -0.05) is 12.1 Å². The molecule has 0 aliphatic carbocycles. The first-order valence-corrected chi connectivity index (χ1v) is 5.58. The monoisotopic (exact) mass is 257 g/mol. The standard InChI is InChI=1S/C14H11NO4/c1-9-7-11(5-6-13(9)16)14(17)10-3-2-4-12(8-10)15(18)19/h2-8,16H,1H3.